The summed E-state index contributed by atoms with van der Waals surface area (Å²) in [4.78, 5) is 2.95. The SMILES string of the molecule is CCC1(CC)CNC1c1ccc(C)s1. The summed E-state index contributed by atoms with van der Waals surface area (Å²) in [6.45, 7) is 8.02. The summed E-state index contributed by atoms with van der Waals surface area (Å²) in [5.41, 5.74) is 0.539. The molecule has 1 saturated heterocycles. The van der Waals surface area contributed by atoms with E-state index in [1.54, 1.807) is 0 Å². The van der Waals surface area contributed by atoms with Crippen molar-refractivity contribution < 1.29 is 0 Å². The summed E-state index contributed by atoms with van der Waals surface area (Å²) in [6, 6.07) is 5.14. The van der Waals surface area contributed by atoms with Crippen molar-refractivity contribution in [2.24, 2.45) is 5.41 Å². The third-order valence-corrected chi connectivity index (χ3v) is 4.79. The van der Waals surface area contributed by atoms with Crippen LogP contribution in [-0.4, -0.2) is 6.54 Å². The Balaban J connectivity index is 2.20. The van der Waals surface area contributed by atoms with E-state index in [9.17, 15) is 0 Å². The summed E-state index contributed by atoms with van der Waals surface area (Å²) in [6.07, 6.45) is 2.58. The Morgan fingerprint density at radius 1 is 1.43 bits per heavy atom. The first-order valence-corrected chi connectivity index (χ1v) is 6.33. The molecule has 1 atom stereocenters. The first kappa shape index (κ1) is 10.2. The van der Waals surface area contributed by atoms with Crippen molar-refractivity contribution in [3.05, 3.63) is 21.9 Å². The molecular formula is C12H19NS. The molecule has 1 aliphatic heterocycles. The topological polar surface area (TPSA) is 12.0 Å². The molecule has 1 N–H and O–H groups in total. The molecule has 0 spiro atoms. The molecule has 78 valence electrons. The van der Waals surface area contributed by atoms with E-state index in [4.69, 9.17) is 0 Å². The fraction of sp³-hybridized carbons (Fsp3) is 0.667. The van der Waals surface area contributed by atoms with E-state index in [0.29, 0.717) is 11.5 Å². The van der Waals surface area contributed by atoms with Gasteiger partial charge in [-0.2, -0.15) is 0 Å². The van der Waals surface area contributed by atoms with Crippen LogP contribution in [0.5, 0.6) is 0 Å². The molecule has 2 heteroatoms. The molecular weight excluding hydrogens is 190 g/mol. The second-order valence-corrected chi connectivity index (χ2v) is 5.65. The van der Waals surface area contributed by atoms with E-state index >= 15 is 0 Å². The van der Waals surface area contributed by atoms with Crippen LogP contribution in [-0.2, 0) is 0 Å². The zero-order chi connectivity index (χ0) is 10.2. The first-order valence-electron chi connectivity index (χ1n) is 5.51. The molecule has 1 fully saturated rings. The van der Waals surface area contributed by atoms with Gasteiger partial charge < -0.3 is 5.32 Å². The highest BCUT2D eigenvalue weighted by molar-refractivity contribution is 7.12. The highest BCUT2D eigenvalue weighted by atomic mass is 32.1. The van der Waals surface area contributed by atoms with Crippen molar-refractivity contribution in [3.8, 4) is 0 Å². The predicted octanol–water partition coefficient (Wildman–Crippen LogP) is 3.51. The zero-order valence-electron chi connectivity index (χ0n) is 9.26. The Kier molecular flexibility index (Phi) is 2.67. The quantitative estimate of drug-likeness (QED) is 0.803. The molecule has 14 heavy (non-hydrogen) atoms. The molecule has 1 nitrogen and oxygen atoms in total. The van der Waals surface area contributed by atoms with Crippen molar-refractivity contribution in [1.82, 2.24) is 5.32 Å². The maximum atomic E-state index is 3.58. The first-order chi connectivity index (χ1) is 6.72. The van der Waals surface area contributed by atoms with E-state index in [2.05, 4.69) is 38.2 Å². The number of rotatable bonds is 3. The lowest BCUT2D eigenvalue weighted by Gasteiger charge is -2.49. The fourth-order valence-electron chi connectivity index (χ4n) is 2.41. The molecule has 0 saturated carbocycles. The molecule has 1 aliphatic rings. The van der Waals surface area contributed by atoms with Crippen molar-refractivity contribution in [2.45, 2.75) is 39.7 Å². The number of nitrogens with one attached hydrogen (secondary N) is 1. The minimum Gasteiger partial charge on any atom is -0.308 e. The van der Waals surface area contributed by atoms with Gasteiger partial charge >= 0.3 is 0 Å². The summed E-state index contributed by atoms with van der Waals surface area (Å²) in [5.74, 6) is 0. The average molecular weight is 209 g/mol. The Labute approximate surface area is 90.5 Å². The molecule has 1 unspecified atom stereocenters. The Hall–Kier alpha value is -0.340. The second kappa shape index (κ2) is 3.67. The molecule has 0 aromatic carbocycles. The van der Waals surface area contributed by atoms with Crippen LogP contribution in [0.1, 0.15) is 42.5 Å². The van der Waals surface area contributed by atoms with Gasteiger partial charge in [-0.1, -0.05) is 13.8 Å². The molecule has 0 aliphatic carbocycles. The van der Waals surface area contributed by atoms with Crippen molar-refractivity contribution in [2.75, 3.05) is 6.54 Å². The normalized spacial score (nSPS) is 24.6. The van der Waals surface area contributed by atoms with E-state index in [0.717, 1.165) is 0 Å². The van der Waals surface area contributed by atoms with Gasteiger partial charge in [0, 0.05) is 27.8 Å². The number of hydrogen-bond donors (Lipinski definition) is 1. The van der Waals surface area contributed by atoms with Crippen LogP contribution in [0.25, 0.3) is 0 Å². The third kappa shape index (κ3) is 1.41. The summed E-state index contributed by atoms with van der Waals surface area (Å²) >= 11 is 1.94. The maximum absolute atomic E-state index is 3.58. The van der Waals surface area contributed by atoms with E-state index in [-0.39, 0.29) is 0 Å². The van der Waals surface area contributed by atoms with Gasteiger partial charge in [0.2, 0.25) is 0 Å². The van der Waals surface area contributed by atoms with Crippen LogP contribution in [0.3, 0.4) is 0 Å². The van der Waals surface area contributed by atoms with Gasteiger partial charge in [0.05, 0.1) is 0 Å². The summed E-state index contributed by atoms with van der Waals surface area (Å²) < 4.78 is 0. The zero-order valence-corrected chi connectivity index (χ0v) is 10.1. The number of hydrogen-bond acceptors (Lipinski definition) is 2. The smallest absolute Gasteiger partial charge is 0.0484 e. The summed E-state index contributed by atoms with van der Waals surface area (Å²) in [5, 5.41) is 3.58. The lowest BCUT2D eigenvalue weighted by atomic mass is 9.69. The van der Waals surface area contributed by atoms with Crippen LogP contribution >= 0.6 is 11.3 Å². The standard InChI is InChI=1S/C12H19NS/c1-4-12(5-2)8-13-11(12)10-7-6-9(3)14-10/h6-7,11,13H,4-5,8H2,1-3H3. The lowest BCUT2D eigenvalue weighted by Crippen LogP contribution is -2.55. The third-order valence-electron chi connectivity index (χ3n) is 3.72. The van der Waals surface area contributed by atoms with Gasteiger partial charge in [0.15, 0.2) is 0 Å². The molecule has 0 amide bonds. The molecule has 1 aromatic heterocycles. The Bertz CT molecular complexity index is 306. The van der Waals surface area contributed by atoms with Gasteiger partial charge in [0.1, 0.15) is 0 Å². The highest BCUT2D eigenvalue weighted by Crippen LogP contribution is 2.47. The highest BCUT2D eigenvalue weighted by Gasteiger charge is 2.44. The van der Waals surface area contributed by atoms with Crippen LogP contribution in [0.2, 0.25) is 0 Å². The van der Waals surface area contributed by atoms with Crippen molar-refractivity contribution in [1.29, 1.82) is 0 Å². The molecule has 2 rings (SSSR count). The number of thiophene rings is 1. The van der Waals surface area contributed by atoms with Gasteiger partial charge in [-0.05, 0) is 31.9 Å². The second-order valence-electron chi connectivity index (χ2n) is 4.33. The average Bonchev–Trinajstić information content (AvgIpc) is 2.53. The maximum Gasteiger partial charge on any atom is 0.0484 e. The minimum atomic E-state index is 0.539. The monoisotopic (exact) mass is 209 g/mol. The van der Waals surface area contributed by atoms with E-state index < -0.39 is 0 Å². The lowest BCUT2D eigenvalue weighted by molar-refractivity contribution is 0.0732. The van der Waals surface area contributed by atoms with Gasteiger partial charge in [-0.15, -0.1) is 11.3 Å². The Morgan fingerprint density at radius 2 is 2.14 bits per heavy atom. The van der Waals surface area contributed by atoms with Crippen LogP contribution in [0.15, 0.2) is 12.1 Å². The van der Waals surface area contributed by atoms with E-state index in [1.807, 2.05) is 11.3 Å². The fourth-order valence-corrected chi connectivity index (χ4v) is 3.51. The summed E-state index contributed by atoms with van der Waals surface area (Å²) in [7, 11) is 0. The molecule has 0 bridgehead atoms. The van der Waals surface area contributed by atoms with Gasteiger partial charge in [-0.3, -0.25) is 0 Å². The number of aryl methyl sites for hydroxylation is 1. The minimum absolute atomic E-state index is 0.539. The van der Waals surface area contributed by atoms with Gasteiger partial charge in [0.25, 0.3) is 0 Å². The Morgan fingerprint density at radius 3 is 2.50 bits per heavy atom. The van der Waals surface area contributed by atoms with Crippen LogP contribution < -0.4 is 5.32 Å². The molecule has 2 heterocycles. The largest absolute Gasteiger partial charge is 0.308 e. The van der Waals surface area contributed by atoms with Crippen molar-refractivity contribution in [3.63, 3.8) is 0 Å². The van der Waals surface area contributed by atoms with E-state index in [1.165, 1.54) is 29.1 Å². The van der Waals surface area contributed by atoms with Crippen LogP contribution in [0, 0.1) is 12.3 Å². The van der Waals surface area contributed by atoms with Crippen molar-refractivity contribution >= 4 is 11.3 Å². The molecule has 0 radical (unpaired) electrons. The predicted molar refractivity (Wildman–Crippen MR) is 62.8 cm³/mol. The van der Waals surface area contributed by atoms with Gasteiger partial charge in [-0.25, -0.2) is 0 Å². The molecule has 1 aromatic rings. The van der Waals surface area contributed by atoms with Crippen LogP contribution in [0.4, 0.5) is 0 Å².